The van der Waals surface area contributed by atoms with Gasteiger partial charge in [-0.05, 0) is 0 Å². The Labute approximate surface area is 83.6 Å². The Kier molecular flexibility index (Phi) is 17.4. The van der Waals surface area contributed by atoms with Gasteiger partial charge < -0.3 is 6.92 Å². The smallest absolute Gasteiger partial charge is 0.343 e. The summed E-state index contributed by atoms with van der Waals surface area (Å²) in [7, 11) is -1.14. The first-order chi connectivity index (χ1) is 3.91. The van der Waals surface area contributed by atoms with E-state index in [1.807, 2.05) is 0 Å². The fourth-order valence-corrected chi connectivity index (χ4v) is 0. The third-order valence-electron chi connectivity index (χ3n) is 0.354. The molecule has 0 aliphatic carbocycles. The van der Waals surface area contributed by atoms with Crippen LogP contribution >= 0.6 is 11.1 Å². The van der Waals surface area contributed by atoms with Gasteiger partial charge in [0.15, 0.2) is 0 Å². The van der Waals surface area contributed by atoms with E-state index in [0.29, 0.717) is 0 Å². The summed E-state index contributed by atoms with van der Waals surface area (Å²) in [5.74, 6) is 0. The van der Waals surface area contributed by atoms with Gasteiger partial charge in [0.1, 0.15) is 7.38 Å². The Bertz CT molecular complexity index is 44.1. The van der Waals surface area contributed by atoms with Crippen LogP contribution in [0.1, 0.15) is 19.8 Å². The third-order valence-corrected chi connectivity index (χ3v) is 0.354. The van der Waals surface area contributed by atoms with E-state index in [1.165, 1.54) is 6.42 Å². The van der Waals surface area contributed by atoms with Crippen LogP contribution in [-0.2, 0) is 0 Å². The number of rotatable bonds is 1. The summed E-state index contributed by atoms with van der Waals surface area (Å²) in [6, 6.07) is 0. The molecule has 0 atom stereocenters. The Morgan fingerprint density at radius 1 is 1.30 bits per heavy atom. The van der Waals surface area contributed by atoms with Gasteiger partial charge in [-0.2, -0.15) is 17.5 Å². The molecule has 0 amide bonds. The number of hydrogen-bond donors (Lipinski definition) is 0. The fraction of sp³-hybridized carbons (Fsp3) is 0.857. The molecule has 58 valence electrons. The molecule has 10 heavy (non-hydrogen) atoms. The van der Waals surface area contributed by atoms with E-state index in [1.54, 1.807) is 0 Å². The maximum atomic E-state index is 5.67. The van der Waals surface area contributed by atoms with Crippen molar-refractivity contribution in [1.82, 2.24) is 0 Å². The average Bonchev–Trinajstić information content (AvgIpc) is 1.61. The zero-order valence-electron chi connectivity index (χ0n) is 8.00. The van der Waals surface area contributed by atoms with Gasteiger partial charge in [0.2, 0.25) is 0 Å². The quantitative estimate of drug-likeness (QED) is 0.310. The minimum atomic E-state index is -1.14. The summed E-state index contributed by atoms with van der Waals surface area (Å²) >= 11 is 5.67. The topological polar surface area (TPSA) is 0 Å². The first-order valence-corrected chi connectivity index (χ1v) is 7.91. The molecule has 0 radical (unpaired) electrons. The Hall–Kier alpha value is 1.10. The standard InChI is InChI=1S/C4H9.C3H9ClSi.Li/c1-3-4-2;1-5(2,3)4;/h1,3-4H2,2H3;1-3H3;/q-1;;+1. The van der Waals surface area contributed by atoms with Crippen LogP contribution < -0.4 is 18.9 Å². The molecule has 0 aliphatic heterocycles. The van der Waals surface area contributed by atoms with Crippen LogP contribution in [0.3, 0.4) is 0 Å². The van der Waals surface area contributed by atoms with Gasteiger partial charge in [-0.15, -0.1) is 0 Å². The second-order valence-electron chi connectivity index (χ2n) is 2.92. The predicted octanol–water partition coefficient (Wildman–Crippen LogP) is 0.685. The van der Waals surface area contributed by atoms with Crippen molar-refractivity contribution in [2.24, 2.45) is 0 Å². The van der Waals surface area contributed by atoms with Crippen molar-refractivity contribution in [3.8, 4) is 0 Å². The van der Waals surface area contributed by atoms with Crippen LogP contribution in [0.15, 0.2) is 0 Å². The monoisotopic (exact) mass is 172 g/mol. The normalized spacial score (nSPS) is 9.00. The van der Waals surface area contributed by atoms with E-state index in [2.05, 4.69) is 33.5 Å². The summed E-state index contributed by atoms with van der Waals surface area (Å²) in [5.41, 5.74) is 0. The molecule has 0 aromatic carbocycles. The number of halogens is 1. The first kappa shape index (κ1) is 17.3. The van der Waals surface area contributed by atoms with E-state index in [0.717, 1.165) is 6.42 Å². The van der Waals surface area contributed by atoms with Crippen molar-refractivity contribution in [1.29, 1.82) is 0 Å². The molecule has 0 nitrogen and oxygen atoms in total. The van der Waals surface area contributed by atoms with Gasteiger partial charge in [0, 0.05) is 0 Å². The molecule has 0 aromatic heterocycles. The first-order valence-electron chi connectivity index (χ1n) is 3.40. The van der Waals surface area contributed by atoms with E-state index < -0.39 is 7.38 Å². The van der Waals surface area contributed by atoms with Crippen molar-refractivity contribution in [3.05, 3.63) is 6.92 Å². The van der Waals surface area contributed by atoms with Gasteiger partial charge in [0.25, 0.3) is 0 Å². The number of unbranched alkanes of at least 4 members (excludes halogenated alkanes) is 1. The van der Waals surface area contributed by atoms with Crippen LogP contribution in [0.4, 0.5) is 0 Å². The molecule has 0 aromatic rings. The maximum Gasteiger partial charge on any atom is 1.00 e. The van der Waals surface area contributed by atoms with Crippen molar-refractivity contribution < 1.29 is 18.9 Å². The summed E-state index contributed by atoms with van der Waals surface area (Å²) in [4.78, 5) is 0. The average molecular weight is 173 g/mol. The minimum absolute atomic E-state index is 0. The van der Waals surface area contributed by atoms with E-state index in [-0.39, 0.29) is 18.9 Å². The van der Waals surface area contributed by atoms with Gasteiger partial charge in [0.05, 0.1) is 0 Å². The molecule has 0 aliphatic rings. The molecule has 0 bridgehead atoms. The minimum Gasteiger partial charge on any atom is -0.343 e. The van der Waals surface area contributed by atoms with Crippen molar-refractivity contribution >= 4 is 18.5 Å². The van der Waals surface area contributed by atoms with Crippen molar-refractivity contribution in [2.75, 3.05) is 0 Å². The second kappa shape index (κ2) is 10.1. The Morgan fingerprint density at radius 2 is 1.40 bits per heavy atom. The molecule has 0 unspecified atom stereocenters. The largest absolute Gasteiger partial charge is 1.00 e. The van der Waals surface area contributed by atoms with E-state index >= 15 is 0 Å². The number of hydrogen-bond acceptors (Lipinski definition) is 0. The molecule has 0 heterocycles. The fourth-order valence-electron chi connectivity index (χ4n) is 0. The summed E-state index contributed by atoms with van der Waals surface area (Å²) in [5, 5.41) is 0. The Balaban J connectivity index is -0.0000000910. The zero-order valence-corrected chi connectivity index (χ0v) is 9.76. The van der Waals surface area contributed by atoms with Crippen molar-refractivity contribution in [3.63, 3.8) is 0 Å². The predicted molar refractivity (Wildman–Crippen MR) is 49.5 cm³/mol. The van der Waals surface area contributed by atoms with Gasteiger partial charge in [-0.25, -0.2) is 0 Å². The van der Waals surface area contributed by atoms with Crippen LogP contribution in [0.5, 0.6) is 0 Å². The zero-order chi connectivity index (χ0) is 7.91. The molecular formula is C7H18ClLiSi. The van der Waals surface area contributed by atoms with Gasteiger partial charge in [-0.1, -0.05) is 33.0 Å². The molecule has 0 fully saturated rings. The van der Waals surface area contributed by atoms with Crippen LogP contribution in [0, 0.1) is 6.92 Å². The van der Waals surface area contributed by atoms with Crippen LogP contribution in [-0.4, -0.2) is 7.38 Å². The molecule has 0 rings (SSSR count). The summed E-state index contributed by atoms with van der Waals surface area (Å²) in [6.45, 7) is 12.0. The molecule has 0 saturated heterocycles. The summed E-state index contributed by atoms with van der Waals surface area (Å²) < 4.78 is 0. The van der Waals surface area contributed by atoms with E-state index in [4.69, 9.17) is 11.1 Å². The summed E-state index contributed by atoms with van der Waals surface area (Å²) in [6.07, 6.45) is 2.28. The third kappa shape index (κ3) is 135. The molecule has 3 heteroatoms. The van der Waals surface area contributed by atoms with Gasteiger partial charge in [-0.3, -0.25) is 0 Å². The van der Waals surface area contributed by atoms with Crippen molar-refractivity contribution in [2.45, 2.75) is 39.4 Å². The molecule has 0 saturated carbocycles. The molecule has 0 N–H and O–H groups in total. The SMILES string of the molecule is C[Si](C)(C)Cl.[CH2-]CCC.[Li+]. The molecular weight excluding hydrogens is 155 g/mol. The van der Waals surface area contributed by atoms with Crippen LogP contribution in [0.25, 0.3) is 0 Å². The Morgan fingerprint density at radius 3 is 1.40 bits per heavy atom. The second-order valence-corrected chi connectivity index (χ2v) is 10.5. The maximum absolute atomic E-state index is 5.67. The van der Waals surface area contributed by atoms with E-state index in [9.17, 15) is 0 Å². The van der Waals surface area contributed by atoms with Crippen LogP contribution in [0.2, 0.25) is 19.6 Å². The van der Waals surface area contributed by atoms with Gasteiger partial charge >= 0.3 is 18.9 Å². The molecule has 0 spiro atoms.